The van der Waals surface area contributed by atoms with Crippen LogP contribution >= 0.6 is 0 Å². The van der Waals surface area contributed by atoms with E-state index in [1.165, 1.54) is 0 Å². The van der Waals surface area contributed by atoms with E-state index in [9.17, 15) is 0 Å². The Morgan fingerprint density at radius 3 is 2.53 bits per heavy atom. The zero-order valence-corrected chi connectivity index (χ0v) is 10.6. The van der Waals surface area contributed by atoms with E-state index in [1.807, 2.05) is 30.5 Å². The zero-order valence-electron chi connectivity index (χ0n) is 10.6. The van der Waals surface area contributed by atoms with Crippen LogP contribution in [0.1, 0.15) is 26.5 Å². The summed E-state index contributed by atoms with van der Waals surface area (Å²) < 4.78 is 0. The highest BCUT2D eigenvalue weighted by Gasteiger charge is 2.06. The molecule has 3 nitrogen and oxygen atoms in total. The van der Waals surface area contributed by atoms with Crippen LogP contribution in [-0.2, 0) is 6.54 Å². The molecule has 0 fully saturated rings. The van der Waals surface area contributed by atoms with Crippen molar-refractivity contribution in [2.24, 2.45) is 5.92 Å². The van der Waals surface area contributed by atoms with Crippen LogP contribution in [0.5, 0.6) is 0 Å². The van der Waals surface area contributed by atoms with Gasteiger partial charge in [0.05, 0.1) is 22.9 Å². The minimum Gasteiger partial charge on any atom is -0.308 e. The SMILES string of the molecule is CC(C)C(C)NCc1cnc2ccccc2n1. The molecule has 1 atom stereocenters. The van der Waals surface area contributed by atoms with Crippen molar-refractivity contribution in [2.75, 3.05) is 0 Å². The Bertz CT molecular complexity index is 494. The molecule has 0 saturated heterocycles. The fourth-order valence-corrected chi connectivity index (χ4v) is 1.58. The van der Waals surface area contributed by atoms with E-state index in [0.29, 0.717) is 12.0 Å². The van der Waals surface area contributed by atoms with Gasteiger partial charge in [-0.05, 0) is 25.0 Å². The molecule has 2 rings (SSSR count). The molecule has 0 bridgehead atoms. The Labute approximate surface area is 102 Å². The summed E-state index contributed by atoms with van der Waals surface area (Å²) in [5.41, 5.74) is 2.91. The third-order valence-electron chi connectivity index (χ3n) is 3.10. The van der Waals surface area contributed by atoms with E-state index in [2.05, 4.69) is 36.1 Å². The molecule has 1 heterocycles. The number of nitrogens with zero attached hydrogens (tertiary/aromatic N) is 2. The average Bonchev–Trinajstić information content (AvgIpc) is 2.35. The predicted molar refractivity (Wildman–Crippen MR) is 70.7 cm³/mol. The molecule has 0 spiro atoms. The molecule has 0 aliphatic heterocycles. The molecule has 1 N–H and O–H groups in total. The lowest BCUT2D eigenvalue weighted by atomic mass is 10.1. The van der Waals surface area contributed by atoms with Crippen molar-refractivity contribution in [1.29, 1.82) is 0 Å². The summed E-state index contributed by atoms with van der Waals surface area (Å²) in [6.07, 6.45) is 1.85. The molecule has 1 aromatic heterocycles. The molecular weight excluding hydrogens is 210 g/mol. The maximum atomic E-state index is 4.58. The smallest absolute Gasteiger partial charge is 0.0890 e. The van der Waals surface area contributed by atoms with Crippen molar-refractivity contribution >= 4 is 11.0 Å². The van der Waals surface area contributed by atoms with Gasteiger partial charge in [0, 0.05) is 12.6 Å². The van der Waals surface area contributed by atoms with Crippen LogP contribution in [0.4, 0.5) is 0 Å². The predicted octanol–water partition coefficient (Wildman–Crippen LogP) is 2.76. The highest BCUT2D eigenvalue weighted by molar-refractivity contribution is 5.73. The minimum atomic E-state index is 0.489. The topological polar surface area (TPSA) is 37.8 Å². The second-order valence-corrected chi connectivity index (χ2v) is 4.76. The number of hydrogen-bond acceptors (Lipinski definition) is 3. The van der Waals surface area contributed by atoms with E-state index < -0.39 is 0 Å². The van der Waals surface area contributed by atoms with Gasteiger partial charge in [-0.3, -0.25) is 4.98 Å². The first-order valence-electron chi connectivity index (χ1n) is 6.11. The van der Waals surface area contributed by atoms with E-state index in [0.717, 1.165) is 23.3 Å². The second kappa shape index (κ2) is 5.23. The Morgan fingerprint density at radius 2 is 1.82 bits per heavy atom. The number of nitrogens with one attached hydrogen (secondary N) is 1. The van der Waals surface area contributed by atoms with Crippen LogP contribution in [0, 0.1) is 5.92 Å². The summed E-state index contributed by atoms with van der Waals surface area (Å²) in [6.45, 7) is 7.39. The average molecular weight is 229 g/mol. The molecule has 17 heavy (non-hydrogen) atoms. The molecule has 0 amide bonds. The van der Waals surface area contributed by atoms with Crippen molar-refractivity contribution < 1.29 is 0 Å². The molecule has 0 aliphatic rings. The molecule has 90 valence electrons. The van der Waals surface area contributed by atoms with Gasteiger partial charge >= 0.3 is 0 Å². The minimum absolute atomic E-state index is 0.489. The van der Waals surface area contributed by atoms with Crippen LogP contribution in [0.3, 0.4) is 0 Å². The summed E-state index contributed by atoms with van der Waals surface area (Å²) in [5, 5.41) is 3.46. The number of hydrogen-bond donors (Lipinski definition) is 1. The second-order valence-electron chi connectivity index (χ2n) is 4.76. The van der Waals surface area contributed by atoms with Gasteiger partial charge < -0.3 is 5.32 Å². The van der Waals surface area contributed by atoms with Crippen molar-refractivity contribution in [1.82, 2.24) is 15.3 Å². The number of fused-ring (bicyclic) bond motifs is 1. The Hall–Kier alpha value is -1.48. The van der Waals surface area contributed by atoms with Gasteiger partial charge in [-0.2, -0.15) is 0 Å². The van der Waals surface area contributed by atoms with Crippen molar-refractivity contribution in [3.8, 4) is 0 Å². The summed E-state index contributed by atoms with van der Waals surface area (Å²) in [5.74, 6) is 0.628. The summed E-state index contributed by atoms with van der Waals surface area (Å²) >= 11 is 0. The summed E-state index contributed by atoms with van der Waals surface area (Å²) in [6, 6.07) is 8.44. The van der Waals surface area contributed by atoms with Gasteiger partial charge in [0.25, 0.3) is 0 Å². The zero-order chi connectivity index (χ0) is 12.3. The van der Waals surface area contributed by atoms with Crippen molar-refractivity contribution in [2.45, 2.75) is 33.4 Å². The highest BCUT2D eigenvalue weighted by atomic mass is 14.9. The van der Waals surface area contributed by atoms with Gasteiger partial charge in [-0.15, -0.1) is 0 Å². The maximum absolute atomic E-state index is 4.58. The van der Waals surface area contributed by atoms with E-state index in [-0.39, 0.29) is 0 Å². The molecule has 0 aliphatic carbocycles. The van der Waals surface area contributed by atoms with Gasteiger partial charge in [0.1, 0.15) is 0 Å². The summed E-state index contributed by atoms with van der Waals surface area (Å²) in [7, 11) is 0. The van der Waals surface area contributed by atoms with Gasteiger partial charge in [-0.1, -0.05) is 26.0 Å². The Balaban J connectivity index is 2.09. The van der Waals surface area contributed by atoms with E-state index >= 15 is 0 Å². The third kappa shape index (κ3) is 3.01. The molecule has 0 radical (unpaired) electrons. The molecule has 0 saturated carbocycles. The molecule has 1 unspecified atom stereocenters. The fraction of sp³-hybridized carbons (Fsp3) is 0.429. The lowest BCUT2D eigenvalue weighted by Crippen LogP contribution is -2.30. The van der Waals surface area contributed by atoms with Crippen LogP contribution in [0.25, 0.3) is 11.0 Å². The molecule has 3 heteroatoms. The van der Waals surface area contributed by atoms with Crippen LogP contribution in [-0.4, -0.2) is 16.0 Å². The van der Waals surface area contributed by atoms with Crippen LogP contribution < -0.4 is 5.32 Å². The van der Waals surface area contributed by atoms with Gasteiger partial charge in [0.2, 0.25) is 0 Å². The normalized spacial score (nSPS) is 13.2. The fourth-order valence-electron chi connectivity index (χ4n) is 1.58. The van der Waals surface area contributed by atoms with E-state index in [1.54, 1.807) is 0 Å². The molecular formula is C14H19N3. The van der Waals surface area contributed by atoms with Gasteiger partial charge in [-0.25, -0.2) is 4.98 Å². The molecule has 1 aromatic carbocycles. The standard InChI is InChI=1S/C14H19N3/c1-10(2)11(3)15-8-12-9-16-13-6-4-5-7-14(13)17-12/h4-7,9-11,15H,8H2,1-3H3. The Kier molecular flexibility index (Phi) is 3.69. The highest BCUT2D eigenvalue weighted by Crippen LogP contribution is 2.09. The lowest BCUT2D eigenvalue weighted by Gasteiger charge is -2.16. The summed E-state index contributed by atoms with van der Waals surface area (Å²) in [4.78, 5) is 8.98. The first kappa shape index (κ1) is 12.0. The largest absolute Gasteiger partial charge is 0.308 e. The van der Waals surface area contributed by atoms with Gasteiger partial charge in [0.15, 0.2) is 0 Å². The molecule has 2 aromatic rings. The quantitative estimate of drug-likeness (QED) is 0.876. The monoisotopic (exact) mass is 229 g/mol. The maximum Gasteiger partial charge on any atom is 0.0890 e. The number of benzene rings is 1. The van der Waals surface area contributed by atoms with Crippen LogP contribution in [0.2, 0.25) is 0 Å². The lowest BCUT2D eigenvalue weighted by molar-refractivity contribution is 0.424. The third-order valence-corrected chi connectivity index (χ3v) is 3.10. The number of para-hydroxylation sites is 2. The first-order chi connectivity index (χ1) is 8.16. The number of aromatic nitrogens is 2. The van der Waals surface area contributed by atoms with Crippen molar-refractivity contribution in [3.05, 3.63) is 36.2 Å². The Morgan fingerprint density at radius 1 is 1.12 bits per heavy atom. The first-order valence-corrected chi connectivity index (χ1v) is 6.11. The van der Waals surface area contributed by atoms with E-state index in [4.69, 9.17) is 0 Å². The number of rotatable bonds is 4. The van der Waals surface area contributed by atoms with Crippen molar-refractivity contribution in [3.63, 3.8) is 0 Å². The van der Waals surface area contributed by atoms with Crippen LogP contribution in [0.15, 0.2) is 30.5 Å².